The van der Waals surface area contributed by atoms with Gasteiger partial charge in [0.25, 0.3) is 0 Å². The van der Waals surface area contributed by atoms with Crippen LogP contribution in [0.4, 0.5) is 22.7 Å². The number of rotatable bonds is 9. The number of aryl methyl sites for hydroxylation is 1. The van der Waals surface area contributed by atoms with Crippen LogP contribution in [0, 0.1) is 6.92 Å². The van der Waals surface area contributed by atoms with Gasteiger partial charge in [-0.3, -0.25) is 9.59 Å². The van der Waals surface area contributed by atoms with Crippen LogP contribution in [0.25, 0.3) is 0 Å². The van der Waals surface area contributed by atoms with E-state index in [1.54, 1.807) is 0 Å². The molecule has 1 aliphatic carbocycles. The maximum Gasteiger partial charge on any atom is 0.198 e. The average molecular weight is 775 g/mol. The van der Waals surface area contributed by atoms with Crippen molar-refractivity contribution in [1.29, 1.82) is 0 Å². The quantitative estimate of drug-likeness (QED) is 0.152. The zero-order chi connectivity index (χ0) is 39.9. The highest BCUT2D eigenvalue weighted by molar-refractivity contribution is 7.99. The number of anilines is 4. The van der Waals surface area contributed by atoms with Gasteiger partial charge in [-0.2, -0.15) is 0 Å². The molecule has 0 fully saturated rings. The summed E-state index contributed by atoms with van der Waals surface area (Å²) in [5.74, 6) is 0.0365. The summed E-state index contributed by atoms with van der Waals surface area (Å²) in [6.45, 7) is 19.6. The van der Waals surface area contributed by atoms with Crippen molar-refractivity contribution in [3.05, 3.63) is 166 Å². The van der Waals surface area contributed by atoms with E-state index >= 15 is 9.59 Å². The Kier molecular flexibility index (Phi) is 10.8. The molecule has 0 aromatic heterocycles. The third-order valence-electron chi connectivity index (χ3n) is 10.3. The second-order valence-electron chi connectivity index (χ2n) is 17.0. The van der Waals surface area contributed by atoms with Gasteiger partial charge < -0.3 is 10.6 Å². The van der Waals surface area contributed by atoms with E-state index in [-0.39, 0.29) is 22.4 Å². The summed E-state index contributed by atoms with van der Waals surface area (Å²) in [5, 5.41) is 7.04. The average Bonchev–Trinajstić information content (AvgIpc) is 3.15. The minimum atomic E-state index is -0.193. The molecule has 7 rings (SSSR count). The summed E-state index contributed by atoms with van der Waals surface area (Å²) in [6, 6.07) is 41.2. The molecule has 4 nitrogen and oxygen atoms in total. The van der Waals surface area contributed by atoms with Crippen LogP contribution in [-0.4, -0.2) is 11.6 Å². The van der Waals surface area contributed by atoms with E-state index in [9.17, 15) is 0 Å². The molecule has 0 saturated heterocycles. The Bertz CT molecular complexity index is 2420. The molecule has 284 valence electrons. The van der Waals surface area contributed by atoms with Gasteiger partial charge in [0.05, 0.1) is 22.5 Å². The molecular formula is C50H50N2O2S2. The smallest absolute Gasteiger partial charge is 0.198 e. The molecule has 2 N–H and O–H groups in total. The summed E-state index contributed by atoms with van der Waals surface area (Å²) in [7, 11) is 0. The highest BCUT2D eigenvalue weighted by Crippen LogP contribution is 2.47. The Morgan fingerprint density at radius 1 is 0.464 bits per heavy atom. The number of carbonyl (C=O) groups excluding carboxylic acids is 2. The fourth-order valence-corrected chi connectivity index (χ4v) is 8.84. The lowest BCUT2D eigenvalue weighted by Gasteiger charge is -2.27. The topological polar surface area (TPSA) is 58.2 Å². The SMILES string of the molecule is Cc1ccc(Nc2ccc(Sc3ccc(C(C)(C)C)cc3)c3c2C(=O)c2c(Nc4ccc(C(C)C)cc4)ccc(Sc4ccc(C(C)(C)C)cc4)c2C3=O)cc1. The number of ketones is 2. The minimum Gasteiger partial charge on any atom is -0.355 e. The number of hydrogen-bond donors (Lipinski definition) is 2. The number of fused-ring (bicyclic) bond motifs is 2. The Morgan fingerprint density at radius 2 is 0.839 bits per heavy atom. The van der Waals surface area contributed by atoms with Crippen LogP contribution in [-0.2, 0) is 10.8 Å². The first-order chi connectivity index (χ1) is 26.6. The van der Waals surface area contributed by atoms with Gasteiger partial charge in [-0.15, -0.1) is 0 Å². The number of nitrogens with one attached hydrogen (secondary N) is 2. The maximum atomic E-state index is 15.4. The Balaban J connectivity index is 1.39. The Labute approximate surface area is 340 Å². The standard InChI is InChI=1S/C50H50N2O2S2/c1-30(2)32-12-20-36(21-13-32)52-40-27-29-42(56-38-24-16-34(17-25-38)50(7,8)9)46-44(40)47(53)43-39(51-35-18-10-31(3)11-19-35)26-28-41(45(43)48(46)54)55-37-22-14-33(15-23-37)49(4,5)6/h10-30,51-52H,1-9H3. The minimum absolute atomic E-state index is 0.0145. The zero-order valence-corrected chi connectivity index (χ0v) is 35.4. The predicted octanol–water partition coefficient (Wildman–Crippen LogP) is 14.3. The molecule has 0 atom stereocenters. The monoisotopic (exact) mass is 774 g/mol. The van der Waals surface area contributed by atoms with Gasteiger partial charge in [0.1, 0.15) is 0 Å². The first kappa shape index (κ1) is 39.2. The second kappa shape index (κ2) is 15.5. The fraction of sp³-hybridized carbons (Fsp3) is 0.240. The van der Waals surface area contributed by atoms with Gasteiger partial charge in [0.2, 0.25) is 0 Å². The second-order valence-corrected chi connectivity index (χ2v) is 19.3. The molecule has 0 spiro atoms. The van der Waals surface area contributed by atoms with E-state index in [0.717, 1.165) is 36.5 Å². The normalized spacial score (nSPS) is 12.8. The van der Waals surface area contributed by atoms with Crippen molar-refractivity contribution in [2.45, 2.75) is 98.6 Å². The molecule has 0 bridgehead atoms. The highest BCUT2D eigenvalue weighted by Gasteiger charge is 2.38. The van der Waals surface area contributed by atoms with Crippen molar-refractivity contribution >= 4 is 57.8 Å². The van der Waals surface area contributed by atoms with Crippen molar-refractivity contribution in [3.8, 4) is 0 Å². The lowest BCUT2D eigenvalue weighted by molar-refractivity contribution is 0.0976. The molecule has 56 heavy (non-hydrogen) atoms. The molecule has 0 aliphatic heterocycles. The first-order valence-corrected chi connectivity index (χ1v) is 20.9. The molecule has 0 unspecified atom stereocenters. The van der Waals surface area contributed by atoms with E-state index in [0.29, 0.717) is 39.5 Å². The summed E-state index contributed by atoms with van der Waals surface area (Å²) < 4.78 is 0. The van der Waals surface area contributed by atoms with Crippen LogP contribution in [0.2, 0.25) is 0 Å². The van der Waals surface area contributed by atoms with Gasteiger partial charge in [0.15, 0.2) is 11.6 Å². The molecule has 6 aromatic carbocycles. The van der Waals surface area contributed by atoms with Crippen molar-refractivity contribution in [1.82, 2.24) is 0 Å². The highest BCUT2D eigenvalue weighted by atomic mass is 32.2. The van der Waals surface area contributed by atoms with Crippen LogP contribution >= 0.6 is 23.5 Å². The van der Waals surface area contributed by atoms with E-state index in [4.69, 9.17) is 0 Å². The summed E-state index contributed by atoms with van der Waals surface area (Å²) in [5.41, 5.74) is 9.37. The number of carbonyl (C=O) groups is 2. The first-order valence-electron chi connectivity index (χ1n) is 19.3. The van der Waals surface area contributed by atoms with Crippen LogP contribution in [0.5, 0.6) is 0 Å². The lowest BCUT2D eigenvalue weighted by Crippen LogP contribution is -2.25. The van der Waals surface area contributed by atoms with E-state index in [1.807, 2.05) is 67.6 Å². The van der Waals surface area contributed by atoms with Crippen molar-refractivity contribution in [3.63, 3.8) is 0 Å². The van der Waals surface area contributed by atoms with Crippen LogP contribution in [0.3, 0.4) is 0 Å². The molecular weight excluding hydrogens is 725 g/mol. The number of hydrogen-bond acceptors (Lipinski definition) is 6. The van der Waals surface area contributed by atoms with Gasteiger partial charge in [-0.25, -0.2) is 0 Å². The molecule has 6 heteroatoms. The van der Waals surface area contributed by atoms with Crippen molar-refractivity contribution in [2.75, 3.05) is 10.6 Å². The Morgan fingerprint density at radius 3 is 1.21 bits per heavy atom. The predicted molar refractivity (Wildman–Crippen MR) is 237 cm³/mol. The van der Waals surface area contributed by atoms with Crippen LogP contribution < -0.4 is 10.6 Å². The van der Waals surface area contributed by atoms with E-state index in [2.05, 4.69) is 127 Å². The Hall–Kier alpha value is -5.04. The van der Waals surface area contributed by atoms with E-state index in [1.165, 1.54) is 40.2 Å². The zero-order valence-electron chi connectivity index (χ0n) is 33.8. The molecule has 1 aliphatic rings. The maximum absolute atomic E-state index is 15.4. The third kappa shape index (κ3) is 8.23. The van der Waals surface area contributed by atoms with Crippen LogP contribution in [0.15, 0.2) is 141 Å². The van der Waals surface area contributed by atoms with Crippen molar-refractivity contribution < 1.29 is 9.59 Å². The molecule has 0 saturated carbocycles. The third-order valence-corrected chi connectivity index (χ3v) is 12.5. The lowest BCUT2D eigenvalue weighted by atomic mass is 9.82. The largest absolute Gasteiger partial charge is 0.355 e. The van der Waals surface area contributed by atoms with Gasteiger partial charge >= 0.3 is 0 Å². The molecule has 6 aromatic rings. The molecule has 0 radical (unpaired) electrons. The van der Waals surface area contributed by atoms with Crippen LogP contribution in [0.1, 0.15) is 115 Å². The fourth-order valence-electron chi connectivity index (χ4n) is 6.92. The summed E-state index contributed by atoms with van der Waals surface area (Å²) in [4.78, 5) is 34.2. The van der Waals surface area contributed by atoms with Gasteiger partial charge in [-0.1, -0.05) is 133 Å². The summed E-state index contributed by atoms with van der Waals surface area (Å²) >= 11 is 3.04. The summed E-state index contributed by atoms with van der Waals surface area (Å²) in [6.07, 6.45) is 0. The van der Waals surface area contributed by atoms with Crippen molar-refractivity contribution in [2.24, 2.45) is 0 Å². The van der Waals surface area contributed by atoms with Gasteiger partial charge in [0, 0.05) is 42.1 Å². The molecule has 0 heterocycles. The molecule has 0 amide bonds. The number of benzene rings is 6. The van der Waals surface area contributed by atoms with E-state index < -0.39 is 0 Å². The van der Waals surface area contributed by atoms with Gasteiger partial charge in [-0.05, 0) is 113 Å².